The van der Waals surface area contributed by atoms with Crippen LogP contribution in [0.4, 0.5) is 30.7 Å². The predicted octanol–water partition coefficient (Wildman–Crippen LogP) is 2.94. The van der Waals surface area contributed by atoms with E-state index in [1.807, 2.05) is 0 Å². The van der Waals surface area contributed by atoms with Crippen LogP contribution in [0.25, 0.3) is 0 Å². The van der Waals surface area contributed by atoms with E-state index in [0.717, 1.165) is 6.92 Å². The maximum absolute atomic E-state index is 13.1. The first-order valence-corrected chi connectivity index (χ1v) is 4.08. The van der Waals surface area contributed by atoms with Crippen molar-refractivity contribution in [3.63, 3.8) is 0 Å². The summed E-state index contributed by atoms with van der Waals surface area (Å²) in [5.74, 6) is -2.09. The molecule has 0 radical (unpaired) electrons. The van der Waals surface area contributed by atoms with Gasteiger partial charge in [0.2, 0.25) is 0 Å². The van der Waals surface area contributed by atoms with E-state index >= 15 is 0 Å². The van der Waals surface area contributed by atoms with E-state index in [0.29, 0.717) is 0 Å². The van der Waals surface area contributed by atoms with Crippen molar-refractivity contribution >= 4 is 5.97 Å². The molecule has 100 valence electrons. The number of carbonyl (C=O) groups excluding carboxylic acids is 1. The van der Waals surface area contributed by atoms with Gasteiger partial charge >= 0.3 is 24.0 Å². The Kier molecular flexibility index (Phi) is 4.19. The highest BCUT2D eigenvalue weighted by Gasteiger charge is 2.75. The first-order chi connectivity index (χ1) is 7.39. The average Bonchev–Trinajstić information content (AvgIpc) is 2.12. The molecule has 0 N–H and O–H groups in total. The summed E-state index contributed by atoms with van der Waals surface area (Å²) in [5.41, 5.74) is -8.16. The van der Waals surface area contributed by atoms with Gasteiger partial charge in [0.15, 0.2) is 0 Å². The quantitative estimate of drug-likeness (QED) is 0.447. The Balaban J connectivity index is 5.53. The number of hydrogen-bond donors (Lipinski definition) is 0. The number of alkyl halides is 7. The third-order valence-electron chi connectivity index (χ3n) is 1.72. The highest BCUT2D eigenvalue weighted by Crippen LogP contribution is 2.50. The van der Waals surface area contributed by atoms with Gasteiger partial charge in [-0.25, -0.2) is 9.18 Å². The van der Waals surface area contributed by atoms with Crippen LogP contribution in [0.1, 0.15) is 6.92 Å². The van der Waals surface area contributed by atoms with Gasteiger partial charge in [-0.15, -0.1) is 0 Å². The molecular weight excluding hydrogens is 261 g/mol. The van der Waals surface area contributed by atoms with Crippen molar-refractivity contribution in [1.82, 2.24) is 0 Å². The lowest BCUT2D eigenvalue weighted by Crippen LogP contribution is -2.56. The molecule has 0 aliphatic rings. The largest absolute Gasteiger partial charge is 0.463 e. The molecule has 0 aromatic rings. The first kappa shape index (κ1) is 15.7. The highest BCUT2D eigenvalue weighted by molar-refractivity contribution is 5.90. The molecular formula is C8H7F7O2. The van der Waals surface area contributed by atoms with Gasteiger partial charge in [-0.2, -0.15) is 26.3 Å². The number of halogens is 7. The number of rotatable bonds is 3. The second-order valence-corrected chi connectivity index (χ2v) is 2.85. The molecule has 0 fully saturated rings. The Hall–Kier alpha value is -1.28. The van der Waals surface area contributed by atoms with Crippen molar-refractivity contribution in [2.75, 3.05) is 6.61 Å². The standard InChI is InChI=1S/C8H7F7O2/c1-3-17-5(16)4(2)6(9,7(10,11)12)8(13,14)15/h2-3H2,1H3. The average molecular weight is 268 g/mol. The van der Waals surface area contributed by atoms with Crippen molar-refractivity contribution < 1.29 is 40.3 Å². The molecule has 0 unspecified atom stereocenters. The van der Waals surface area contributed by atoms with Crippen LogP contribution in [0, 0.1) is 0 Å². The van der Waals surface area contributed by atoms with Crippen LogP contribution in [0.3, 0.4) is 0 Å². The van der Waals surface area contributed by atoms with Crippen molar-refractivity contribution in [3.05, 3.63) is 12.2 Å². The Labute approximate surface area is 91.0 Å². The van der Waals surface area contributed by atoms with E-state index in [1.165, 1.54) is 0 Å². The molecule has 0 spiro atoms. The SMILES string of the molecule is C=C(C(=O)OCC)C(F)(C(F)(F)F)C(F)(F)F. The van der Waals surface area contributed by atoms with E-state index < -0.39 is 36.2 Å². The minimum absolute atomic E-state index is 0.510. The van der Waals surface area contributed by atoms with Crippen molar-refractivity contribution in [2.45, 2.75) is 24.9 Å². The fourth-order valence-electron chi connectivity index (χ4n) is 0.862. The fraction of sp³-hybridized carbons (Fsp3) is 0.625. The summed E-state index contributed by atoms with van der Waals surface area (Å²) in [5, 5.41) is 0. The van der Waals surface area contributed by atoms with Gasteiger partial charge in [-0.1, -0.05) is 6.58 Å². The van der Waals surface area contributed by atoms with Crippen molar-refractivity contribution in [1.29, 1.82) is 0 Å². The summed E-state index contributed by atoms with van der Waals surface area (Å²) >= 11 is 0. The van der Waals surface area contributed by atoms with Gasteiger partial charge in [0, 0.05) is 0 Å². The predicted molar refractivity (Wildman–Crippen MR) is 41.7 cm³/mol. The molecule has 17 heavy (non-hydrogen) atoms. The van der Waals surface area contributed by atoms with Crippen LogP contribution in [0.5, 0.6) is 0 Å². The van der Waals surface area contributed by atoms with Crippen LogP contribution < -0.4 is 0 Å². The molecule has 0 atom stereocenters. The Bertz CT molecular complexity index is 301. The number of ether oxygens (including phenoxy) is 1. The first-order valence-electron chi connectivity index (χ1n) is 4.08. The summed E-state index contributed by atoms with van der Waals surface area (Å²) < 4.78 is 89.5. The normalized spacial score (nSPS) is 13.4. The second-order valence-electron chi connectivity index (χ2n) is 2.85. The van der Waals surface area contributed by atoms with Crippen LogP contribution in [0.2, 0.25) is 0 Å². The molecule has 0 saturated carbocycles. The van der Waals surface area contributed by atoms with E-state index in [-0.39, 0.29) is 0 Å². The molecule has 0 saturated heterocycles. The van der Waals surface area contributed by atoms with Crippen LogP contribution in [-0.2, 0) is 9.53 Å². The molecule has 9 heteroatoms. The fourth-order valence-corrected chi connectivity index (χ4v) is 0.862. The summed E-state index contributed by atoms with van der Waals surface area (Å²) in [6, 6.07) is 0. The van der Waals surface area contributed by atoms with E-state index in [2.05, 4.69) is 11.3 Å². The van der Waals surface area contributed by atoms with E-state index in [1.54, 1.807) is 0 Å². The second kappa shape index (κ2) is 4.53. The zero-order valence-electron chi connectivity index (χ0n) is 8.38. The molecule has 0 aromatic heterocycles. The Morgan fingerprint density at radius 3 is 1.65 bits per heavy atom. The minimum Gasteiger partial charge on any atom is -0.463 e. The maximum atomic E-state index is 13.1. The van der Waals surface area contributed by atoms with E-state index in [4.69, 9.17) is 0 Å². The smallest absolute Gasteiger partial charge is 0.436 e. The molecule has 0 bridgehead atoms. The van der Waals surface area contributed by atoms with Crippen LogP contribution in [-0.4, -0.2) is 30.6 Å². The molecule has 0 aliphatic heterocycles. The number of esters is 1. The number of hydrogen-bond acceptors (Lipinski definition) is 2. The third kappa shape index (κ3) is 2.70. The topological polar surface area (TPSA) is 26.3 Å². The molecule has 0 amide bonds. The van der Waals surface area contributed by atoms with Gasteiger partial charge in [-0.3, -0.25) is 0 Å². The zero-order chi connectivity index (χ0) is 14.1. The van der Waals surface area contributed by atoms with Gasteiger partial charge in [-0.05, 0) is 6.92 Å². The van der Waals surface area contributed by atoms with Crippen molar-refractivity contribution in [2.24, 2.45) is 0 Å². The van der Waals surface area contributed by atoms with Crippen molar-refractivity contribution in [3.8, 4) is 0 Å². The van der Waals surface area contributed by atoms with Gasteiger partial charge < -0.3 is 4.74 Å². The lowest BCUT2D eigenvalue weighted by atomic mass is 9.95. The lowest BCUT2D eigenvalue weighted by molar-refractivity contribution is -0.326. The maximum Gasteiger partial charge on any atom is 0.436 e. The highest BCUT2D eigenvalue weighted by atomic mass is 19.4. The summed E-state index contributed by atoms with van der Waals surface area (Å²) in [4.78, 5) is 10.7. The summed E-state index contributed by atoms with van der Waals surface area (Å²) in [7, 11) is 0. The van der Waals surface area contributed by atoms with Gasteiger partial charge in [0.25, 0.3) is 0 Å². The molecule has 2 nitrogen and oxygen atoms in total. The Morgan fingerprint density at radius 2 is 1.41 bits per heavy atom. The van der Waals surface area contributed by atoms with Crippen LogP contribution in [0.15, 0.2) is 12.2 Å². The third-order valence-corrected chi connectivity index (χ3v) is 1.72. The molecule has 0 aromatic carbocycles. The molecule has 0 heterocycles. The van der Waals surface area contributed by atoms with Gasteiger partial charge in [0.05, 0.1) is 12.2 Å². The van der Waals surface area contributed by atoms with E-state index in [9.17, 15) is 35.5 Å². The van der Waals surface area contributed by atoms with Gasteiger partial charge in [0.1, 0.15) is 0 Å². The Morgan fingerprint density at radius 1 is 1.06 bits per heavy atom. The lowest BCUT2D eigenvalue weighted by Gasteiger charge is -2.30. The minimum atomic E-state index is -6.35. The van der Waals surface area contributed by atoms with Crippen LogP contribution >= 0.6 is 0 Å². The number of carbonyl (C=O) groups is 1. The summed E-state index contributed by atoms with van der Waals surface area (Å²) in [6.45, 7) is 2.81. The molecule has 0 rings (SSSR count). The summed E-state index contributed by atoms with van der Waals surface area (Å²) in [6.07, 6.45) is -12.7. The zero-order valence-corrected chi connectivity index (χ0v) is 8.38. The molecule has 0 aliphatic carbocycles. The monoisotopic (exact) mass is 268 g/mol.